The van der Waals surface area contributed by atoms with Crippen molar-refractivity contribution in [2.24, 2.45) is 11.8 Å². The Hall–Kier alpha value is -1.08. The fourth-order valence-electron chi connectivity index (χ4n) is 2.08. The summed E-state index contributed by atoms with van der Waals surface area (Å²) in [6.07, 6.45) is 3.43. The third-order valence-corrected chi connectivity index (χ3v) is 2.90. The molecule has 4 heteroatoms. The molecule has 0 aliphatic heterocycles. The van der Waals surface area contributed by atoms with Gasteiger partial charge in [-0.2, -0.15) is 5.26 Å². The van der Waals surface area contributed by atoms with E-state index in [2.05, 4.69) is 0 Å². The van der Waals surface area contributed by atoms with Crippen LogP contribution < -0.4 is 0 Å². The van der Waals surface area contributed by atoms with Gasteiger partial charge in [-0.25, -0.2) is 4.79 Å². The lowest BCUT2D eigenvalue weighted by atomic mass is 9.78. The standard InChI is InChI=1S/C10H15NO3/c11-6-8(9(12)10(13)14)7-4-2-1-3-5-7/h7-9,12H,1-5H2,(H,13,14). The minimum atomic E-state index is -1.52. The average molecular weight is 197 g/mol. The van der Waals surface area contributed by atoms with E-state index in [9.17, 15) is 9.90 Å². The molecule has 0 aromatic carbocycles. The smallest absolute Gasteiger partial charge is 0.333 e. The lowest BCUT2D eigenvalue weighted by molar-refractivity contribution is -0.149. The minimum Gasteiger partial charge on any atom is -0.479 e. The Morgan fingerprint density at radius 3 is 2.36 bits per heavy atom. The van der Waals surface area contributed by atoms with Crippen molar-refractivity contribution in [2.45, 2.75) is 38.2 Å². The van der Waals surface area contributed by atoms with Crippen molar-refractivity contribution in [3.05, 3.63) is 0 Å². The number of nitriles is 1. The first-order valence-electron chi connectivity index (χ1n) is 4.97. The van der Waals surface area contributed by atoms with Crippen LogP contribution in [0.5, 0.6) is 0 Å². The van der Waals surface area contributed by atoms with E-state index in [0.29, 0.717) is 0 Å². The SMILES string of the molecule is N#CC(C1CCCCC1)C(O)C(=O)O. The molecule has 0 saturated heterocycles. The highest BCUT2D eigenvalue weighted by molar-refractivity contribution is 5.72. The Kier molecular flexibility index (Phi) is 3.90. The third-order valence-electron chi connectivity index (χ3n) is 2.90. The van der Waals surface area contributed by atoms with E-state index < -0.39 is 18.0 Å². The third kappa shape index (κ3) is 2.46. The highest BCUT2D eigenvalue weighted by Crippen LogP contribution is 2.31. The molecule has 2 atom stereocenters. The molecule has 1 fully saturated rings. The van der Waals surface area contributed by atoms with Gasteiger partial charge in [0.25, 0.3) is 0 Å². The molecule has 1 aliphatic carbocycles. The number of hydrogen-bond acceptors (Lipinski definition) is 3. The molecule has 2 unspecified atom stereocenters. The van der Waals surface area contributed by atoms with Crippen molar-refractivity contribution in [1.29, 1.82) is 5.26 Å². The zero-order valence-electron chi connectivity index (χ0n) is 8.02. The summed E-state index contributed by atoms with van der Waals surface area (Å²) in [4.78, 5) is 10.5. The molecule has 78 valence electrons. The molecule has 0 bridgehead atoms. The van der Waals surface area contributed by atoms with E-state index in [1.807, 2.05) is 6.07 Å². The Balaban J connectivity index is 2.61. The zero-order chi connectivity index (χ0) is 10.6. The van der Waals surface area contributed by atoms with Crippen LogP contribution in [0.4, 0.5) is 0 Å². The van der Waals surface area contributed by atoms with Crippen LogP contribution in [0.3, 0.4) is 0 Å². The van der Waals surface area contributed by atoms with Crippen LogP contribution in [0.25, 0.3) is 0 Å². The highest BCUT2D eigenvalue weighted by atomic mass is 16.4. The maximum Gasteiger partial charge on any atom is 0.333 e. The van der Waals surface area contributed by atoms with Crippen LogP contribution in [-0.4, -0.2) is 22.3 Å². The number of rotatable bonds is 3. The number of aliphatic hydroxyl groups excluding tert-OH is 1. The molecule has 1 aliphatic rings. The predicted molar refractivity (Wildman–Crippen MR) is 49.3 cm³/mol. The van der Waals surface area contributed by atoms with Gasteiger partial charge in [0, 0.05) is 0 Å². The van der Waals surface area contributed by atoms with E-state index in [1.54, 1.807) is 0 Å². The summed E-state index contributed by atoms with van der Waals surface area (Å²) in [7, 11) is 0. The maximum atomic E-state index is 10.5. The molecule has 0 amide bonds. The van der Waals surface area contributed by atoms with Gasteiger partial charge in [-0.3, -0.25) is 0 Å². The minimum absolute atomic E-state index is 0.0554. The van der Waals surface area contributed by atoms with Gasteiger partial charge in [-0.15, -0.1) is 0 Å². The molecule has 0 spiro atoms. The molecule has 0 radical (unpaired) electrons. The summed E-state index contributed by atoms with van der Waals surface area (Å²) in [6.45, 7) is 0. The van der Waals surface area contributed by atoms with Gasteiger partial charge < -0.3 is 10.2 Å². The summed E-state index contributed by atoms with van der Waals surface area (Å²) in [5.74, 6) is -1.98. The Bertz CT molecular complexity index is 240. The fraction of sp³-hybridized carbons (Fsp3) is 0.800. The average Bonchev–Trinajstić information content (AvgIpc) is 2.20. The zero-order valence-corrected chi connectivity index (χ0v) is 8.02. The van der Waals surface area contributed by atoms with Gasteiger partial charge in [0.15, 0.2) is 6.10 Å². The molecule has 14 heavy (non-hydrogen) atoms. The van der Waals surface area contributed by atoms with Crippen molar-refractivity contribution in [1.82, 2.24) is 0 Å². The Labute approximate surface area is 83.2 Å². The maximum absolute atomic E-state index is 10.5. The number of aliphatic hydroxyl groups is 1. The van der Waals surface area contributed by atoms with E-state index in [0.717, 1.165) is 32.1 Å². The lowest BCUT2D eigenvalue weighted by Gasteiger charge is -2.27. The molecular formula is C10H15NO3. The van der Waals surface area contributed by atoms with Crippen LogP contribution in [0.15, 0.2) is 0 Å². The number of carboxylic acids is 1. The van der Waals surface area contributed by atoms with Crippen molar-refractivity contribution >= 4 is 5.97 Å². The monoisotopic (exact) mass is 197 g/mol. The van der Waals surface area contributed by atoms with Crippen molar-refractivity contribution in [3.8, 4) is 6.07 Å². The topological polar surface area (TPSA) is 81.3 Å². The number of carboxylic acid groups (broad SMARTS) is 1. The molecule has 2 N–H and O–H groups in total. The summed E-state index contributed by atoms with van der Waals surface area (Å²) >= 11 is 0. The van der Waals surface area contributed by atoms with Crippen LogP contribution in [-0.2, 0) is 4.79 Å². The predicted octanol–water partition coefficient (Wildman–Crippen LogP) is 1.15. The molecule has 4 nitrogen and oxygen atoms in total. The van der Waals surface area contributed by atoms with Gasteiger partial charge in [-0.1, -0.05) is 19.3 Å². The van der Waals surface area contributed by atoms with E-state index in [4.69, 9.17) is 10.4 Å². The molecular weight excluding hydrogens is 182 g/mol. The lowest BCUT2D eigenvalue weighted by Crippen LogP contribution is -2.34. The number of nitrogens with zero attached hydrogens (tertiary/aromatic N) is 1. The normalized spacial score (nSPS) is 22.3. The molecule has 1 saturated carbocycles. The summed E-state index contributed by atoms with van der Waals surface area (Å²) in [6, 6.07) is 1.92. The van der Waals surface area contributed by atoms with Crippen molar-refractivity contribution in [3.63, 3.8) is 0 Å². The summed E-state index contributed by atoms with van der Waals surface area (Å²) in [5, 5.41) is 26.8. The van der Waals surface area contributed by atoms with Gasteiger partial charge in [-0.05, 0) is 18.8 Å². The van der Waals surface area contributed by atoms with Crippen molar-refractivity contribution < 1.29 is 15.0 Å². The molecule has 0 aromatic rings. The second kappa shape index (κ2) is 4.97. The highest BCUT2D eigenvalue weighted by Gasteiger charge is 2.33. The number of aliphatic carboxylic acids is 1. The fourth-order valence-corrected chi connectivity index (χ4v) is 2.08. The van der Waals surface area contributed by atoms with E-state index in [1.165, 1.54) is 0 Å². The second-order valence-corrected chi connectivity index (χ2v) is 3.84. The van der Waals surface area contributed by atoms with Gasteiger partial charge in [0.1, 0.15) is 0 Å². The molecule has 1 rings (SSSR count). The summed E-state index contributed by atoms with van der Waals surface area (Å²) in [5.41, 5.74) is 0. The van der Waals surface area contributed by atoms with Crippen LogP contribution in [0.1, 0.15) is 32.1 Å². The van der Waals surface area contributed by atoms with Crippen LogP contribution >= 0.6 is 0 Å². The largest absolute Gasteiger partial charge is 0.479 e. The van der Waals surface area contributed by atoms with Gasteiger partial charge in [0.2, 0.25) is 0 Å². The van der Waals surface area contributed by atoms with E-state index in [-0.39, 0.29) is 5.92 Å². The number of hydrogen-bond donors (Lipinski definition) is 2. The first-order chi connectivity index (χ1) is 6.66. The second-order valence-electron chi connectivity index (χ2n) is 3.84. The van der Waals surface area contributed by atoms with E-state index >= 15 is 0 Å². The van der Waals surface area contributed by atoms with Crippen LogP contribution in [0, 0.1) is 23.2 Å². The first-order valence-corrected chi connectivity index (χ1v) is 4.97. The van der Waals surface area contributed by atoms with Gasteiger partial charge in [0.05, 0.1) is 12.0 Å². The Morgan fingerprint density at radius 2 is 1.93 bits per heavy atom. The van der Waals surface area contributed by atoms with Crippen molar-refractivity contribution in [2.75, 3.05) is 0 Å². The van der Waals surface area contributed by atoms with Gasteiger partial charge >= 0.3 is 5.97 Å². The first kappa shape index (κ1) is 11.0. The summed E-state index contributed by atoms with van der Waals surface area (Å²) < 4.78 is 0. The number of carbonyl (C=O) groups is 1. The molecule has 0 heterocycles. The quantitative estimate of drug-likeness (QED) is 0.711. The Morgan fingerprint density at radius 1 is 1.36 bits per heavy atom. The van der Waals surface area contributed by atoms with Crippen LogP contribution in [0.2, 0.25) is 0 Å². The molecule has 0 aromatic heterocycles.